The van der Waals surface area contributed by atoms with E-state index in [-0.39, 0.29) is 16.2 Å². The number of nitrogens with zero attached hydrogens (tertiary/aromatic N) is 2. The molecule has 2 heterocycles. The van der Waals surface area contributed by atoms with E-state index >= 15 is 0 Å². The first-order valence-corrected chi connectivity index (χ1v) is 10.6. The summed E-state index contributed by atoms with van der Waals surface area (Å²) >= 11 is 1.30. The van der Waals surface area contributed by atoms with Crippen LogP contribution in [0.1, 0.15) is 40.0 Å². The molecule has 0 atom stereocenters. The fraction of sp³-hybridized carbons (Fsp3) is 0.529. The number of nitrogens with one attached hydrogen (secondary N) is 1. The van der Waals surface area contributed by atoms with E-state index in [2.05, 4.69) is 10.3 Å². The zero-order valence-electron chi connectivity index (χ0n) is 14.7. The molecule has 0 spiro atoms. The molecule has 3 rings (SSSR count). The minimum atomic E-state index is -3.44. The summed E-state index contributed by atoms with van der Waals surface area (Å²) in [6.07, 6.45) is 2.22. The van der Waals surface area contributed by atoms with Crippen molar-refractivity contribution in [2.45, 2.75) is 44.9 Å². The fourth-order valence-electron chi connectivity index (χ4n) is 2.84. The minimum Gasteiger partial charge on any atom is -0.302 e. The van der Waals surface area contributed by atoms with E-state index in [1.807, 2.05) is 20.8 Å². The Morgan fingerprint density at radius 2 is 1.96 bits per heavy atom. The molecule has 25 heavy (non-hydrogen) atoms. The summed E-state index contributed by atoms with van der Waals surface area (Å²) in [5.41, 5.74) is 0.592. The molecule has 1 N–H and O–H groups in total. The first-order chi connectivity index (χ1) is 11.6. The second-order valence-corrected chi connectivity index (χ2v) is 10.5. The van der Waals surface area contributed by atoms with Crippen molar-refractivity contribution >= 4 is 42.6 Å². The van der Waals surface area contributed by atoms with Gasteiger partial charge in [-0.05, 0) is 36.5 Å². The Balaban J connectivity index is 1.83. The van der Waals surface area contributed by atoms with Crippen LogP contribution in [0.25, 0.3) is 10.2 Å². The summed E-state index contributed by atoms with van der Waals surface area (Å²) in [6, 6.07) is 4.95. The lowest BCUT2D eigenvalue weighted by Gasteiger charge is -2.16. The summed E-state index contributed by atoms with van der Waals surface area (Å²) < 4.78 is 27.6. The molecule has 136 valence electrons. The van der Waals surface area contributed by atoms with Gasteiger partial charge in [0.15, 0.2) is 5.13 Å². The molecule has 1 aromatic heterocycles. The summed E-state index contributed by atoms with van der Waals surface area (Å²) in [7, 11) is -3.44. The highest BCUT2D eigenvalue weighted by Crippen LogP contribution is 2.30. The predicted octanol–water partition coefficient (Wildman–Crippen LogP) is 3.46. The maximum absolute atomic E-state index is 12.7. The smallest absolute Gasteiger partial charge is 0.243 e. The topological polar surface area (TPSA) is 79.4 Å². The third kappa shape index (κ3) is 4.19. The third-order valence-electron chi connectivity index (χ3n) is 4.00. The van der Waals surface area contributed by atoms with E-state index in [9.17, 15) is 13.2 Å². The molecule has 1 fully saturated rings. The van der Waals surface area contributed by atoms with Gasteiger partial charge in [0.2, 0.25) is 15.9 Å². The van der Waals surface area contributed by atoms with Gasteiger partial charge in [-0.3, -0.25) is 4.79 Å². The van der Waals surface area contributed by atoms with Gasteiger partial charge in [0.1, 0.15) is 0 Å². The van der Waals surface area contributed by atoms with Gasteiger partial charge < -0.3 is 5.32 Å². The van der Waals surface area contributed by atoms with E-state index in [0.29, 0.717) is 30.2 Å². The van der Waals surface area contributed by atoms with Crippen LogP contribution in [0.5, 0.6) is 0 Å². The molecular weight excluding hydrogens is 358 g/mol. The predicted molar refractivity (Wildman–Crippen MR) is 100 cm³/mol. The number of benzene rings is 1. The lowest BCUT2D eigenvalue weighted by atomic mass is 9.92. The average Bonchev–Trinajstić information content (AvgIpc) is 3.13. The maximum atomic E-state index is 12.7. The number of carbonyl (C=O) groups is 1. The van der Waals surface area contributed by atoms with E-state index in [1.54, 1.807) is 18.2 Å². The van der Waals surface area contributed by atoms with Crippen LogP contribution in [0.15, 0.2) is 23.1 Å². The number of aromatic nitrogens is 1. The number of hydrogen-bond acceptors (Lipinski definition) is 5. The molecule has 1 saturated heterocycles. The molecule has 1 aromatic carbocycles. The standard InChI is InChI=1S/C17H23N3O3S2/c1-17(2,3)11-15(21)19-16-18-13-7-6-12(10-14(13)24-16)25(22,23)20-8-4-5-9-20/h6-7,10H,4-5,8-9,11H2,1-3H3,(H,18,19,21). The molecule has 1 amide bonds. The monoisotopic (exact) mass is 381 g/mol. The van der Waals surface area contributed by atoms with Crippen LogP contribution in [-0.4, -0.2) is 36.7 Å². The Bertz CT molecular complexity index is 891. The van der Waals surface area contributed by atoms with Crippen LogP contribution < -0.4 is 5.32 Å². The lowest BCUT2D eigenvalue weighted by Crippen LogP contribution is -2.27. The van der Waals surface area contributed by atoms with Gasteiger partial charge in [-0.1, -0.05) is 32.1 Å². The van der Waals surface area contributed by atoms with Crippen molar-refractivity contribution in [2.75, 3.05) is 18.4 Å². The van der Waals surface area contributed by atoms with Gasteiger partial charge >= 0.3 is 0 Å². The molecule has 0 saturated carbocycles. The van der Waals surface area contributed by atoms with Gasteiger partial charge in [-0.25, -0.2) is 13.4 Å². The van der Waals surface area contributed by atoms with Crippen molar-refractivity contribution in [2.24, 2.45) is 5.41 Å². The van der Waals surface area contributed by atoms with Crippen LogP contribution >= 0.6 is 11.3 Å². The van der Waals surface area contributed by atoms with Crippen LogP contribution in [-0.2, 0) is 14.8 Å². The summed E-state index contributed by atoms with van der Waals surface area (Å²) in [5.74, 6) is -0.0866. The average molecular weight is 382 g/mol. The zero-order chi connectivity index (χ0) is 18.2. The number of anilines is 1. The molecule has 0 aliphatic carbocycles. The van der Waals surface area contributed by atoms with Crippen LogP contribution in [0.4, 0.5) is 5.13 Å². The van der Waals surface area contributed by atoms with Crippen LogP contribution in [0.2, 0.25) is 0 Å². The van der Waals surface area contributed by atoms with E-state index in [4.69, 9.17) is 0 Å². The summed E-state index contributed by atoms with van der Waals surface area (Å²) in [5, 5.41) is 3.31. The van der Waals surface area contributed by atoms with Gasteiger partial charge in [0.25, 0.3) is 0 Å². The Kier molecular flexibility index (Phi) is 4.87. The molecule has 1 aliphatic heterocycles. The highest BCUT2D eigenvalue weighted by atomic mass is 32.2. The number of sulfonamides is 1. The van der Waals surface area contributed by atoms with Gasteiger partial charge in [-0.15, -0.1) is 0 Å². The van der Waals surface area contributed by atoms with Crippen LogP contribution in [0, 0.1) is 5.41 Å². The number of amides is 1. The molecule has 0 unspecified atom stereocenters. The maximum Gasteiger partial charge on any atom is 0.243 e. The van der Waals surface area contributed by atoms with E-state index in [1.165, 1.54) is 15.6 Å². The first-order valence-electron chi connectivity index (χ1n) is 8.36. The van der Waals surface area contributed by atoms with Gasteiger partial charge in [0.05, 0.1) is 15.1 Å². The van der Waals surface area contributed by atoms with Crippen LogP contribution in [0.3, 0.4) is 0 Å². The molecular formula is C17H23N3O3S2. The zero-order valence-corrected chi connectivity index (χ0v) is 16.3. The Hall–Kier alpha value is -1.51. The molecule has 0 radical (unpaired) electrons. The normalized spacial score (nSPS) is 16.4. The molecule has 6 nitrogen and oxygen atoms in total. The van der Waals surface area contributed by atoms with Gasteiger partial charge in [0, 0.05) is 19.5 Å². The van der Waals surface area contributed by atoms with E-state index < -0.39 is 10.0 Å². The van der Waals surface area contributed by atoms with Gasteiger partial charge in [-0.2, -0.15) is 4.31 Å². The van der Waals surface area contributed by atoms with Crippen molar-refractivity contribution < 1.29 is 13.2 Å². The Labute approximate surface area is 152 Å². The van der Waals surface area contributed by atoms with Crippen molar-refractivity contribution in [1.29, 1.82) is 0 Å². The highest BCUT2D eigenvalue weighted by molar-refractivity contribution is 7.89. The molecule has 2 aromatic rings. The quantitative estimate of drug-likeness (QED) is 0.880. The number of fused-ring (bicyclic) bond motifs is 1. The number of carbonyl (C=O) groups excluding carboxylic acids is 1. The molecule has 0 bridgehead atoms. The van der Waals surface area contributed by atoms with Crippen molar-refractivity contribution in [3.63, 3.8) is 0 Å². The Morgan fingerprint density at radius 1 is 1.28 bits per heavy atom. The summed E-state index contributed by atoms with van der Waals surface area (Å²) in [4.78, 5) is 16.7. The molecule has 1 aliphatic rings. The highest BCUT2D eigenvalue weighted by Gasteiger charge is 2.27. The van der Waals surface area contributed by atoms with Crippen molar-refractivity contribution in [3.05, 3.63) is 18.2 Å². The second kappa shape index (κ2) is 6.66. The number of thiazole rings is 1. The SMILES string of the molecule is CC(C)(C)CC(=O)Nc1nc2ccc(S(=O)(=O)N3CCCC3)cc2s1. The fourth-order valence-corrected chi connectivity index (χ4v) is 5.38. The van der Waals surface area contributed by atoms with E-state index in [0.717, 1.165) is 17.5 Å². The second-order valence-electron chi connectivity index (χ2n) is 7.55. The summed E-state index contributed by atoms with van der Waals surface area (Å²) in [6.45, 7) is 7.16. The number of rotatable bonds is 4. The first kappa shape index (κ1) is 18.3. The van der Waals surface area contributed by atoms with Crippen molar-refractivity contribution in [3.8, 4) is 0 Å². The lowest BCUT2D eigenvalue weighted by molar-refractivity contribution is -0.117. The minimum absolute atomic E-state index is 0.0866. The number of hydrogen-bond donors (Lipinski definition) is 1. The molecule has 8 heteroatoms. The largest absolute Gasteiger partial charge is 0.302 e. The third-order valence-corrected chi connectivity index (χ3v) is 6.83. The van der Waals surface area contributed by atoms with Crippen molar-refractivity contribution in [1.82, 2.24) is 9.29 Å². The Morgan fingerprint density at radius 3 is 2.60 bits per heavy atom.